The van der Waals surface area contributed by atoms with E-state index in [2.05, 4.69) is 32.8 Å². The van der Waals surface area contributed by atoms with Crippen LogP contribution in [0.3, 0.4) is 0 Å². The number of nitrogens with zero attached hydrogens (tertiary/aromatic N) is 2. The fourth-order valence-corrected chi connectivity index (χ4v) is 1.02. The predicted octanol–water partition coefficient (Wildman–Crippen LogP) is 2.35. The predicted molar refractivity (Wildman–Crippen MR) is 54.6 cm³/mol. The summed E-state index contributed by atoms with van der Waals surface area (Å²) in [6.07, 6.45) is 1.54. The zero-order valence-electron chi connectivity index (χ0n) is 6.51. The van der Waals surface area contributed by atoms with Crippen molar-refractivity contribution in [1.82, 2.24) is 4.98 Å². The summed E-state index contributed by atoms with van der Waals surface area (Å²) in [6, 6.07) is 3.55. The normalized spacial score (nSPS) is 8.38. The molecule has 0 fully saturated rings. The van der Waals surface area contributed by atoms with Gasteiger partial charge in [-0.05, 0) is 6.07 Å². The van der Waals surface area contributed by atoms with Crippen molar-refractivity contribution in [2.75, 3.05) is 5.33 Å². The van der Waals surface area contributed by atoms with Crippen molar-refractivity contribution in [3.05, 3.63) is 28.5 Å². The maximum atomic E-state index is 8.64. The third-order valence-corrected chi connectivity index (χ3v) is 1.84. The van der Waals surface area contributed by atoms with Crippen LogP contribution in [0.5, 0.6) is 0 Å². The highest BCUT2D eigenvalue weighted by Gasteiger charge is 1.99. The number of aromatic nitrogens is 1. The molecule has 64 valence electrons. The molecule has 0 unspecified atom stereocenters. The molecule has 0 aromatic carbocycles. The average Bonchev–Trinajstić information content (AvgIpc) is 2.16. The van der Waals surface area contributed by atoms with Gasteiger partial charge in [0, 0.05) is 11.8 Å². The van der Waals surface area contributed by atoms with Gasteiger partial charge in [0.25, 0.3) is 0 Å². The SMILES string of the molecule is N#Cc1cc(C#CCBr)cnc1Cl. The van der Waals surface area contributed by atoms with Crippen LogP contribution in [-0.4, -0.2) is 10.3 Å². The molecule has 1 aromatic heterocycles. The largest absolute Gasteiger partial charge is 0.242 e. The Labute approximate surface area is 89.7 Å². The Bertz CT molecular complexity index is 412. The first-order valence-corrected chi connectivity index (χ1v) is 4.88. The van der Waals surface area contributed by atoms with E-state index < -0.39 is 0 Å². The Morgan fingerprint density at radius 1 is 1.62 bits per heavy atom. The molecular weight excluding hydrogens is 251 g/mol. The number of pyridine rings is 1. The van der Waals surface area contributed by atoms with Crippen LogP contribution in [0.15, 0.2) is 12.3 Å². The lowest BCUT2D eigenvalue weighted by atomic mass is 10.2. The zero-order valence-corrected chi connectivity index (χ0v) is 8.85. The molecule has 0 aliphatic heterocycles. The maximum absolute atomic E-state index is 8.64. The summed E-state index contributed by atoms with van der Waals surface area (Å²) in [4.78, 5) is 3.83. The Morgan fingerprint density at radius 2 is 2.38 bits per heavy atom. The van der Waals surface area contributed by atoms with E-state index in [-0.39, 0.29) is 5.15 Å². The topological polar surface area (TPSA) is 36.7 Å². The summed E-state index contributed by atoms with van der Waals surface area (Å²) < 4.78 is 0. The highest BCUT2D eigenvalue weighted by Crippen LogP contribution is 2.12. The van der Waals surface area contributed by atoms with Gasteiger partial charge in [0.15, 0.2) is 0 Å². The molecule has 0 amide bonds. The molecule has 1 heterocycles. The molecule has 0 saturated heterocycles. The molecule has 1 aromatic rings. The summed E-state index contributed by atoms with van der Waals surface area (Å²) in [5.74, 6) is 5.64. The second-order valence-corrected chi connectivity index (χ2v) is 3.03. The first-order valence-electron chi connectivity index (χ1n) is 3.38. The van der Waals surface area contributed by atoms with Gasteiger partial charge in [0.2, 0.25) is 0 Å². The van der Waals surface area contributed by atoms with Crippen molar-refractivity contribution in [2.45, 2.75) is 0 Å². The molecule has 0 spiro atoms. The van der Waals surface area contributed by atoms with E-state index in [1.54, 1.807) is 12.3 Å². The summed E-state index contributed by atoms with van der Waals surface area (Å²) >= 11 is 8.81. The van der Waals surface area contributed by atoms with E-state index in [4.69, 9.17) is 16.9 Å². The van der Waals surface area contributed by atoms with E-state index in [1.807, 2.05) is 6.07 Å². The number of rotatable bonds is 0. The second-order valence-electron chi connectivity index (χ2n) is 2.11. The summed E-state index contributed by atoms with van der Waals surface area (Å²) in [6.45, 7) is 0. The van der Waals surface area contributed by atoms with Crippen LogP contribution in [-0.2, 0) is 0 Å². The van der Waals surface area contributed by atoms with Gasteiger partial charge in [0.05, 0.1) is 10.9 Å². The van der Waals surface area contributed by atoms with E-state index in [0.717, 1.165) is 0 Å². The molecule has 0 radical (unpaired) electrons. The average molecular weight is 256 g/mol. The molecule has 4 heteroatoms. The molecule has 2 nitrogen and oxygen atoms in total. The molecule has 0 bridgehead atoms. The monoisotopic (exact) mass is 254 g/mol. The van der Waals surface area contributed by atoms with Gasteiger partial charge in [-0.3, -0.25) is 0 Å². The lowest BCUT2D eigenvalue weighted by Gasteiger charge is -1.93. The van der Waals surface area contributed by atoms with Gasteiger partial charge in [0.1, 0.15) is 11.2 Å². The molecular formula is C9H4BrClN2. The van der Waals surface area contributed by atoms with Crippen molar-refractivity contribution in [3.8, 4) is 17.9 Å². The minimum atomic E-state index is 0.215. The van der Waals surface area contributed by atoms with Crippen LogP contribution in [0.4, 0.5) is 0 Å². The van der Waals surface area contributed by atoms with Gasteiger partial charge in [-0.25, -0.2) is 4.98 Å². The van der Waals surface area contributed by atoms with Crippen molar-refractivity contribution in [3.63, 3.8) is 0 Å². The standard InChI is InChI=1S/C9H4BrClN2/c10-3-1-2-7-4-8(5-12)9(11)13-6-7/h4,6H,3H2. The summed E-state index contributed by atoms with van der Waals surface area (Å²) in [5.41, 5.74) is 1.04. The number of alkyl halides is 1. The Hall–Kier alpha value is -1.03. The quantitative estimate of drug-likeness (QED) is 0.405. The van der Waals surface area contributed by atoms with Crippen molar-refractivity contribution >= 4 is 27.5 Å². The minimum absolute atomic E-state index is 0.215. The van der Waals surface area contributed by atoms with E-state index in [0.29, 0.717) is 16.5 Å². The molecule has 0 saturated carbocycles. The van der Waals surface area contributed by atoms with Gasteiger partial charge in [-0.2, -0.15) is 5.26 Å². The van der Waals surface area contributed by atoms with E-state index >= 15 is 0 Å². The van der Waals surface area contributed by atoms with E-state index in [1.165, 1.54) is 0 Å². The van der Waals surface area contributed by atoms with Crippen molar-refractivity contribution < 1.29 is 0 Å². The highest BCUT2D eigenvalue weighted by molar-refractivity contribution is 9.09. The third kappa shape index (κ3) is 2.73. The van der Waals surface area contributed by atoms with Crippen LogP contribution in [0.25, 0.3) is 0 Å². The van der Waals surface area contributed by atoms with Gasteiger partial charge < -0.3 is 0 Å². The zero-order chi connectivity index (χ0) is 9.68. The maximum Gasteiger partial charge on any atom is 0.146 e. The lowest BCUT2D eigenvalue weighted by Crippen LogP contribution is -1.85. The lowest BCUT2D eigenvalue weighted by molar-refractivity contribution is 1.29. The Morgan fingerprint density at radius 3 is 3.00 bits per heavy atom. The Kier molecular flexibility index (Phi) is 3.76. The fraction of sp³-hybridized carbons (Fsp3) is 0.111. The minimum Gasteiger partial charge on any atom is -0.242 e. The molecule has 1 rings (SSSR count). The van der Waals surface area contributed by atoms with Crippen molar-refractivity contribution in [2.24, 2.45) is 0 Å². The molecule has 13 heavy (non-hydrogen) atoms. The smallest absolute Gasteiger partial charge is 0.146 e. The Balaban J connectivity index is 3.08. The second kappa shape index (κ2) is 4.87. The van der Waals surface area contributed by atoms with Crippen LogP contribution in [0.2, 0.25) is 5.15 Å². The molecule has 0 N–H and O–H groups in total. The van der Waals surface area contributed by atoms with Gasteiger partial charge in [-0.15, -0.1) is 0 Å². The molecule has 0 atom stereocenters. The molecule has 0 aliphatic rings. The third-order valence-electron chi connectivity index (χ3n) is 1.26. The highest BCUT2D eigenvalue weighted by atomic mass is 79.9. The van der Waals surface area contributed by atoms with Crippen LogP contribution >= 0.6 is 27.5 Å². The fourth-order valence-electron chi connectivity index (χ4n) is 0.730. The number of hydrogen-bond donors (Lipinski definition) is 0. The van der Waals surface area contributed by atoms with E-state index in [9.17, 15) is 0 Å². The summed E-state index contributed by atoms with van der Waals surface area (Å²) in [5, 5.41) is 9.45. The van der Waals surface area contributed by atoms with Crippen LogP contribution in [0.1, 0.15) is 11.1 Å². The van der Waals surface area contributed by atoms with Crippen molar-refractivity contribution in [1.29, 1.82) is 5.26 Å². The number of halogens is 2. The first kappa shape index (κ1) is 10.1. The molecule has 0 aliphatic carbocycles. The van der Waals surface area contributed by atoms with Crippen LogP contribution < -0.4 is 0 Å². The number of nitriles is 1. The van der Waals surface area contributed by atoms with Gasteiger partial charge >= 0.3 is 0 Å². The van der Waals surface area contributed by atoms with Crippen LogP contribution in [0, 0.1) is 23.2 Å². The van der Waals surface area contributed by atoms with Gasteiger partial charge in [-0.1, -0.05) is 39.4 Å². The first-order chi connectivity index (χ1) is 6.27. The summed E-state index contributed by atoms with van der Waals surface area (Å²) in [7, 11) is 0. The number of hydrogen-bond acceptors (Lipinski definition) is 2.